The fourth-order valence-corrected chi connectivity index (χ4v) is 0.754. The summed E-state index contributed by atoms with van der Waals surface area (Å²) in [6.45, 7) is 5.05. The molecule has 0 radical (unpaired) electrons. The molecule has 3 N–H and O–H groups in total. The highest BCUT2D eigenvalue weighted by Gasteiger charge is 2.17. The summed E-state index contributed by atoms with van der Waals surface area (Å²) < 4.78 is 4.56. The lowest BCUT2D eigenvalue weighted by Crippen LogP contribution is -2.38. The molecule has 0 aliphatic carbocycles. The lowest BCUT2D eigenvalue weighted by Gasteiger charge is -2.18. The number of carbonyl (C=O) groups is 2. The molecule has 0 rings (SSSR count). The van der Waals surface area contributed by atoms with Crippen LogP contribution in [0.1, 0.15) is 27.2 Å². The highest BCUT2D eigenvalue weighted by molar-refractivity contribution is 5.75. The Balaban J connectivity index is 3.52. The molecule has 0 aromatic carbocycles. The van der Waals surface area contributed by atoms with Crippen LogP contribution >= 0.6 is 0 Å². The van der Waals surface area contributed by atoms with Gasteiger partial charge in [0.15, 0.2) is 0 Å². The van der Waals surface area contributed by atoms with Gasteiger partial charge in [0.1, 0.15) is 0 Å². The first kappa shape index (κ1) is 13.7. The van der Waals surface area contributed by atoms with E-state index in [1.165, 1.54) is 13.8 Å². The Bertz CT molecular complexity index is 223. The average molecular weight is 218 g/mol. The first-order chi connectivity index (χ1) is 6.85. The van der Waals surface area contributed by atoms with Gasteiger partial charge in [-0.15, -0.1) is 0 Å². The SMILES string of the molecule is CCC(=O)NCCNC(=O)OC(C)(C)O. The van der Waals surface area contributed by atoms with E-state index < -0.39 is 11.9 Å². The number of rotatable bonds is 5. The van der Waals surface area contributed by atoms with Gasteiger partial charge in [0.2, 0.25) is 11.7 Å². The largest absolute Gasteiger partial charge is 0.418 e. The number of aliphatic hydroxyl groups is 1. The minimum Gasteiger partial charge on any atom is -0.418 e. The third kappa shape index (κ3) is 9.01. The zero-order chi connectivity index (χ0) is 11.9. The van der Waals surface area contributed by atoms with Gasteiger partial charge in [0.05, 0.1) is 0 Å². The number of amides is 2. The van der Waals surface area contributed by atoms with E-state index in [1.54, 1.807) is 6.92 Å². The molecule has 0 heterocycles. The maximum absolute atomic E-state index is 11.0. The monoisotopic (exact) mass is 218 g/mol. The van der Waals surface area contributed by atoms with Crippen molar-refractivity contribution >= 4 is 12.0 Å². The van der Waals surface area contributed by atoms with E-state index in [9.17, 15) is 9.59 Å². The van der Waals surface area contributed by atoms with Crippen molar-refractivity contribution < 1.29 is 19.4 Å². The van der Waals surface area contributed by atoms with Gasteiger partial charge in [-0.2, -0.15) is 0 Å². The number of ether oxygens (including phenoxy) is 1. The van der Waals surface area contributed by atoms with Gasteiger partial charge >= 0.3 is 6.09 Å². The number of nitrogens with one attached hydrogen (secondary N) is 2. The second kappa shape index (κ2) is 6.23. The van der Waals surface area contributed by atoms with Crippen molar-refractivity contribution in [2.75, 3.05) is 13.1 Å². The summed E-state index contributed by atoms with van der Waals surface area (Å²) in [6, 6.07) is 0. The van der Waals surface area contributed by atoms with Crippen LogP contribution in [0.25, 0.3) is 0 Å². The van der Waals surface area contributed by atoms with Crippen molar-refractivity contribution in [1.29, 1.82) is 0 Å². The van der Waals surface area contributed by atoms with E-state index >= 15 is 0 Å². The van der Waals surface area contributed by atoms with Crippen LogP contribution in [0.15, 0.2) is 0 Å². The van der Waals surface area contributed by atoms with Gasteiger partial charge in [-0.25, -0.2) is 4.79 Å². The summed E-state index contributed by atoms with van der Waals surface area (Å²) in [5.41, 5.74) is 0. The summed E-state index contributed by atoms with van der Waals surface area (Å²) in [6.07, 6.45) is -0.304. The minimum atomic E-state index is -1.49. The van der Waals surface area contributed by atoms with Crippen LogP contribution in [0.5, 0.6) is 0 Å². The van der Waals surface area contributed by atoms with E-state index in [0.717, 1.165) is 0 Å². The summed E-state index contributed by atoms with van der Waals surface area (Å²) >= 11 is 0. The second-order valence-corrected chi connectivity index (χ2v) is 3.47. The Morgan fingerprint density at radius 3 is 2.27 bits per heavy atom. The molecule has 15 heavy (non-hydrogen) atoms. The number of carbonyl (C=O) groups excluding carboxylic acids is 2. The van der Waals surface area contributed by atoms with Crippen molar-refractivity contribution in [3.63, 3.8) is 0 Å². The molecule has 0 bridgehead atoms. The smallest absolute Gasteiger partial charge is 0.409 e. The molecular formula is C9H18N2O4. The first-order valence-electron chi connectivity index (χ1n) is 4.81. The molecule has 0 spiro atoms. The highest BCUT2D eigenvalue weighted by atomic mass is 16.7. The zero-order valence-corrected chi connectivity index (χ0v) is 9.29. The Hall–Kier alpha value is -1.30. The summed E-state index contributed by atoms with van der Waals surface area (Å²) in [4.78, 5) is 21.8. The predicted molar refractivity (Wildman–Crippen MR) is 54.1 cm³/mol. The molecule has 0 aliphatic heterocycles. The molecule has 0 saturated heterocycles. The molecular weight excluding hydrogens is 200 g/mol. The van der Waals surface area contributed by atoms with Crippen LogP contribution < -0.4 is 10.6 Å². The molecule has 0 aliphatic rings. The lowest BCUT2D eigenvalue weighted by molar-refractivity contribution is -0.131. The molecule has 88 valence electrons. The predicted octanol–water partition coefficient (Wildman–Crippen LogP) is -0.0328. The summed E-state index contributed by atoms with van der Waals surface area (Å²) in [7, 11) is 0. The van der Waals surface area contributed by atoms with Crippen molar-refractivity contribution in [3.05, 3.63) is 0 Å². The van der Waals surface area contributed by atoms with Crippen LogP contribution in [-0.4, -0.2) is 36.0 Å². The molecule has 0 atom stereocenters. The van der Waals surface area contributed by atoms with E-state index in [4.69, 9.17) is 5.11 Å². The van der Waals surface area contributed by atoms with E-state index in [2.05, 4.69) is 15.4 Å². The van der Waals surface area contributed by atoms with Crippen LogP contribution in [0.3, 0.4) is 0 Å². The van der Waals surface area contributed by atoms with Crippen molar-refractivity contribution in [2.24, 2.45) is 0 Å². The van der Waals surface area contributed by atoms with Gasteiger partial charge in [-0.1, -0.05) is 6.92 Å². The second-order valence-electron chi connectivity index (χ2n) is 3.47. The molecule has 6 heteroatoms. The maximum atomic E-state index is 11.0. The number of hydrogen-bond donors (Lipinski definition) is 3. The molecule has 0 aromatic rings. The summed E-state index contributed by atoms with van der Waals surface area (Å²) in [5, 5.41) is 14.1. The third-order valence-electron chi connectivity index (χ3n) is 1.38. The van der Waals surface area contributed by atoms with Gasteiger partial charge in [-0.3, -0.25) is 4.79 Å². The number of alkyl carbamates (subject to hydrolysis) is 1. The average Bonchev–Trinajstić information content (AvgIpc) is 2.09. The van der Waals surface area contributed by atoms with Gasteiger partial charge in [-0.05, 0) is 0 Å². The van der Waals surface area contributed by atoms with E-state index in [1.807, 2.05) is 0 Å². The minimum absolute atomic E-state index is 0.0762. The number of hydrogen-bond acceptors (Lipinski definition) is 4. The summed E-state index contributed by atoms with van der Waals surface area (Å²) in [5.74, 6) is -1.57. The Kier molecular flexibility index (Phi) is 5.69. The van der Waals surface area contributed by atoms with Crippen molar-refractivity contribution in [1.82, 2.24) is 10.6 Å². The topological polar surface area (TPSA) is 87.7 Å². The Labute approximate surface area is 89.0 Å². The van der Waals surface area contributed by atoms with Crippen molar-refractivity contribution in [3.8, 4) is 0 Å². The Morgan fingerprint density at radius 2 is 1.80 bits per heavy atom. The molecule has 6 nitrogen and oxygen atoms in total. The molecule has 0 aromatic heterocycles. The lowest BCUT2D eigenvalue weighted by atomic mass is 10.4. The van der Waals surface area contributed by atoms with Gasteiger partial charge < -0.3 is 20.5 Å². The van der Waals surface area contributed by atoms with Crippen LogP contribution in [0, 0.1) is 0 Å². The van der Waals surface area contributed by atoms with Crippen molar-refractivity contribution in [2.45, 2.75) is 33.0 Å². The standard InChI is InChI=1S/C9H18N2O4/c1-4-7(12)10-5-6-11-8(13)15-9(2,3)14/h14H,4-6H2,1-3H3,(H,10,12)(H,11,13). The highest BCUT2D eigenvalue weighted by Crippen LogP contribution is 2.02. The normalized spacial score (nSPS) is 10.7. The maximum Gasteiger partial charge on any atom is 0.409 e. The quantitative estimate of drug-likeness (QED) is 0.446. The first-order valence-corrected chi connectivity index (χ1v) is 4.81. The van der Waals surface area contributed by atoms with Gasteiger partial charge in [0, 0.05) is 33.4 Å². The molecule has 0 unspecified atom stereocenters. The van der Waals surface area contributed by atoms with E-state index in [0.29, 0.717) is 13.0 Å². The third-order valence-corrected chi connectivity index (χ3v) is 1.38. The van der Waals surface area contributed by atoms with Crippen LogP contribution in [-0.2, 0) is 9.53 Å². The zero-order valence-electron chi connectivity index (χ0n) is 9.29. The van der Waals surface area contributed by atoms with Gasteiger partial charge in [0.25, 0.3) is 0 Å². The fourth-order valence-electron chi connectivity index (χ4n) is 0.754. The molecule has 0 saturated carbocycles. The fraction of sp³-hybridized carbons (Fsp3) is 0.778. The van der Waals surface area contributed by atoms with Crippen LogP contribution in [0.2, 0.25) is 0 Å². The Morgan fingerprint density at radius 1 is 1.27 bits per heavy atom. The van der Waals surface area contributed by atoms with Crippen LogP contribution in [0.4, 0.5) is 4.79 Å². The molecule has 2 amide bonds. The molecule has 0 fully saturated rings. The van der Waals surface area contributed by atoms with E-state index in [-0.39, 0.29) is 12.5 Å².